The minimum absolute atomic E-state index is 0.0241. The van der Waals surface area contributed by atoms with Crippen molar-refractivity contribution in [2.24, 2.45) is 5.92 Å². The number of aromatic hydroxyl groups is 1. The second-order valence-corrected chi connectivity index (χ2v) is 14.6. The molecule has 0 unspecified atom stereocenters. The molecule has 1 aromatic rings. The summed E-state index contributed by atoms with van der Waals surface area (Å²) in [7, 11) is 0. The highest BCUT2D eigenvalue weighted by Crippen LogP contribution is 2.65. The van der Waals surface area contributed by atoms with Crippen molar-refractivity contribution >= 4 is 11.9 Å². The van der Waals surface area contributed by atoms with Gasteiger partial charge in [0.1, 0.15) is 6.10 Å². The maximum absolute atomic E-state index is 13.1. The van der Waals surface area contributed by atoms with Crippen molar-refractivity contribution in [3.05, 3.63) is 23.3 Å². The number of phenols is 1. The van der Waals surface area contributed by atoms with Crippen molar-refractivity contribution in [1.29, 1.82) is 0 Å². The van der Waals surface area contributed by atoms with E-state index in [4.69, 9.17) is 28.8 Å². The van der Waals surface area contributed by atoms with E-state index in [0.717, 1.165) is 62.2 Å². The summed E-state index contributed by atoms with van der Waals surface area (Å²) in [5, 5.41) is 35.2. The number of carboxylic acids is 1. The number of carbonyl (C=O) groups excluding carboxylic acids is 1. The third kappa shape index (κ3) is 8.20. The predicted molar refractivity (Wildman–Crippen MR) is 180 cm³/mol. The Morgan fingerprint density at radius 2 is 1.47 bits per heavy atom. The van der Waals surface area contributed by atoms with E-state index in [0.29, 0.717) is 90.7 Å². The van der Waals surface area contributed by atoms with Crippen molar-refractivity contribution in [2.45, 2.75) is 113 Å². The molecule has 12 heteroatoms. The number of hydrogen-bond acceptors (Lipinski definition) is 10. The number of aliphatic carboxylic acids is 1. The molecule has 1 spiro atoms. The molecule has 2 aliphatic heterocycles. The second-order valence-electron chi connectivity index (χ2n) is 14.6. The Kier molecular flexibility index (Phi) is 12.4. The minimum atomic E-state index is -0.952. The molecule has 6 rings (SSSR count). The number of benzene rings is 1. The van der Waals surface area contributed by atoms with Crippen LogP contribution in [0.15, 0.2) is 12.1 Å². The number of ether oxygens (including phenoxy) is 5. The first-order valence-corrected chi connectivity index (χ1v) is 18.6. The average molecular weight is 689 g/mol. The lowest BCUT2D eigenvalue weighted by Crippen LogP contribution is -2.78. The molecular formula is C37H56N2O10. The summed E-state index contributed by atoms with van der Waals surface area (Å²) >= 11 is 0. The fourth-order valence-corrected chi connectivity index (χ4v) is 8.77. The number of phenolic OH excluding ortho intramolecular Hbond substituents is 1. The summed E-state index contributed by atoms with van der Waals surface area (Å²) in [4.78, 5) is 26.1. The van der Waals surface area contributed by atoms with Gasteiger partial charge in [-0.25, -0.2) is 0 Å². The standard InChI is InChI=1S/C37H56N2O10/c40-29-11-10-27-24-30-37(44)13-12-28(35-36(37,33(27)34(29)49-35)14-15-39(30)25-26-8-9-26)38-31(41)6-1-16-45-18-3-20-47-22-5-23-48-21-4-19-46-17-2-7-32(42)43/h10-11,26,28,30,35,40,44H,1-9,12-25H2,(H,38,41)(H,42,43)/t28-,30-,35+,36+,37-/m1/s1. The van der Waals surface area contributed by atoms with Gasteiger partial charge >= 0.3 is 5.97 Å². The zero-order chi connectivity index (χ0) is 34.3. The van der Waals surface area contributed by atoms with Crippen LogP contribution < -0.4 is 10.1 Å². The summed E-state index contributed by atoms with van der Waals surface area (Å²) in [6.07, 6.45) is 8.94. The molecular weight excluding hydrogens is 632 g/mol. The first-order chi connectivity index (χ1) is 23.8. The van der Waals surface area contributed by atoms with E-state index >= 15 is 0 Å². The van der Waals surface area contributed by atoms with Crippen molar-refractivity contribution < 1.29 is 48.6 Å². The number of aliphatic hydroxyl groups is 1. The Bertz CT molecular complexity index is 1280. The van der Waals surface area contributed by atoms with Crippen LogP contribution in [0.1, 0.15) is 88.2 Å². The van der Waals surface area contributed by atoms with Gasteiger partial charge in [0, 0.05) is 83.8 Å². The quantitative estimate of drug-likeness (QED) is 0.125. The van der Waals surface area contributed by atoms with Gasteiger partial charge < -0.3 is 44.3 Å². The number of nitrogens with one attached hydrogen (secondary N) is 1. The van der Waals surface area contributed by atoms with E-state index in [1.807, 2.05) is 6.07 Å². The largest absolute Gasteiger partial charge is 0.504 e. The Hall–Kier alpha value is -2.48. The lowest BCUT2D eigenvalue weighted by molar-refractivity contribution is -0.192. The highest BCUT2D eigenvalue weighted by Gasteiger charge is 2.73. The van der Waals surface area contributed by atoms with E-state index < -0.39 is 23.1 Å². The van der Waals surface area contributed by atoms with Crippen LogP contribution in [-0.2, 0) is 40.4 Å². The topological polar surface area (TPSA) is 156 Å². The van der Waals surface area contributed by atoms with Gasteiger partial charge in [0.2, 0.25) is 5.91 Å². The Labute approximate surface area is 289 Å². The number of carboxylic acid groups (broad SMARTS) is 1. The number of carbonyl (C=O) groups is 2. The molecule has 2 heterocycles. The molecule has 49 heavy (non-hydrogen) atoms. The second kappa shape index (κ2) is 16.7. The van der Waals surface area contributed by atoms with Crippen molar-refractivity contribution in [2.75, 3.05) is 65.9 Å². The molecule has 1 aromatic carbocycles. The summed E-state index contributed by atoms with van der Waals surface area (Å²) in [5.41, 5.74) is 0.565. The summed E-state index contributed by atoms with van der Waals surface area (Å²) < 4.78 is 28.9. The predicted octanol–water partition coefficient (Wildman–Crippen LogP) is 3.32. The SMILES string of the molecule is O=C(O)CCCOCCCOCCCOCCCOCCCC(=O)N[C@@H]1CC[C@@]2(O)[C@H]3Cc4ccc(O)c5c4[C@@]2(CCN3CC2CC2)[C@H]1O5. The smallest absolute Gasteiger partial charge is 0.303 e. The number of hydrogen-bond donors (Lipinski definition) is 4. The van der Waals surface area contributed by atoms with Crippen LogP contribution in [0.5, 0.6) is 11.5 Å². The van der Waals surface area contributed by atoms with E-state index in [1.165, 1.54) is 12.8 Å². The van der Waals surface area contributed by atoms with Gasteiger partial charge in [0.15, 0.2) is 11.5 Å². The lowest BCUT2D eigenvalue weighted by Gasteiger charge is -2.64. The van der Waals surface area contributed by atoms with Gasteiger partial charge in [-0.15, -0.1) is 0 Å². The van der Waals surface area contributed by atoms with Crippen LogP contribution in [0.4, 0.5) is 0 Å². The molecule has 3 aliphatic carbocycles. The van der Waals surface area contributed by atoms with Gasteiger partial charge in [-0.05, 0) is 94.7 Å². The fraction of sp³-hybridized carbons (Fsp3) is 0.784. The third-order valence-electron chi connectivity index (χ3n) is 11.2. The van der Waals surface area contributed by atoms with Crippen LogP contribution in [0, 0.1) is 5.92 Å². The molecule has 3 fully saturated rings. The molecule has 0 aromatic heterocycles. The molecule has 1 saturated heterocycles. The molecule has 2 saturated carbocycles. The first-order valence-electron chi connectivity index (χ1n) is 18.6. The van der Waals surface area contributed by atoms with Crippen molar-refractivity contribution in [3.63, 3.8) is 0 Å². The normalized spacial score (nSPS) is 28.2. The first kappa shape index (κ1) is 36.3. The highest BCUT2D eigenvalue weighted by atomic mass is 16.5. The van der Waals surface area contributed by atoms with Gasteiger partial charge in [-0.3, -0.25) is 14.5 Å². The monoisotopic (exact) mass is 688 g/mol. The third-order valence-corrected chi connectivity index (χ3v) is 11.2. The maximum Gasteiger partial charge on any atom is 0.303 e. The minimum Gasteiger partial charge on any atom is -0.504 e. The van der Waals surface area contributed by atoms with E-state index in [9.17, 15) is 19.8 Å². The number of amides is 1. The average Bonchev–Trinajstić information content (AvgIpc) is 3.82. The van der Waals surface area contributed by atoms with E-state index in [1.54, 1.807) is 6.07 Å². The molecule has 4 N–H and O–H groups in total. The van der Waals surface area contributed by atoms with Crippen molar-refractivity contribution in [1.82, 2.24) is 10.2 Å². The summed E-state index contributed by atoms with van der Waals surface area (Å²) in [5.74, 6) is 0.531. The Morgan fingerprint density at radius 1 is 0.857 bits per heavy atom. The molecule has 274 valence electrons. The highest BCUT2D eigenvalue weighted by molar-refractivity contribution is 5.76. The van der Waals surface area contributed by atoms with Gasteiger partial charge in [-0.2, -0.15) is 0 Å². The Balaban J connectivity index is 0.845. The van der Waals surface area contributed by atoms with Gasteiger partial charge in [0.05, 0.1) is 17.1 Å². The van der Waals surface area contributed by atoms with Gasteiger partial charge in [0.25, 0.3) is 0 Å². The van der Waals surface area contributed by atoms with E-state index in [2.05, 4.69) is 10.2 Å². The number of piperidine rings is 1. The summed E-state index contributed by atoms with van der Waals surface area (Å²) in [6.45, 7) is 6.53. The number of nitrogens with zero attached hydrogens (tertiary/aromatic N) is 1. The molecule has 5 aliphatic rings. The van der Waals surface area contributed by atoms with Crippen molar-refractivity contribution in [3.8, 4) is 11.5 Å². The molecule has 0 radical (unpaired) electrons. The van der Waals surface area contributed by atoms with Crippen LogP contribution in [0.25, 0.3) is 0 Å². The molecule has 2 bridgehead atoms. The molecule has 1 amide bonds. The van der Waals surface area contributed by atoms with Crippen LogP contribution in [0.2, 0.25) is 0 Å². The Morgan fingerprint density at radius 3 is 2.08 bits per heavy atom. The van der Waals surface area contributed by atoms with E-state index in [-0.39, 0.29) is 30.2 Å². The van der Waals surface area contributed by atoms with Gasteiger partial charge in [-0.1, -0.05) is 6.07 Å². The lowest BCUT2D eigenvalue weighted by atomic mass is 9.48. The molecule has 5 atom stereocenters. The van der Waals surface area contributed by atoms with Crippen LogP contribution in [-0.4, -0.2) is 122 Å². The number of likely N-dealkylation sites (tertiary alicyclic amines) is 1. The summed E-state index contributed by atoms with van der Waals surface area (Å²) in [6, 6.07) is 3.52. The zero-order valence-electron chi connectivity index (χ0n) is 28.9. The zero-order valence-corrected chi connectivity index (χ0v) is 28.9. The van der Waals surface area contributed by atoms with Crippen LogP contribution in [0.3, 0.4) is 0 Å². The maximum atomic E-state index is 13.1. The number of rotatable bonds is 23. The fourth-order valence-electron chi connectivity index (χ4n) is 8.77. The van der Waals surface area contributed by atoms with Crippen LogP contribution >= 0.6 is 0 Å². The molecule has 12 nitrogen and oxygen atoms in total.